The molecule has 184 valence electrons. The average Bonchev–Trinajstić information content (AvgIpc) is 2.89. The second-order valence-corrected chi connectivity index (χ2v) is 8.60. The summed E-state index contributed by atoms with van der Waals surface area (Å²) in [6, 6.07) is 22.0. The Hall–Kier alpha value is -3.51. The van der Waals surface area contributed by atoms with Gasteiger partial charge >= 0.3 is 0 Å². The normalized spacial score (nSPS) is 11.4. The molecule has 6 nitrogen and oxygen atoms in total. The fourth-order valence-electron chi connectivity index (χ4n) is 3.98. The van der Waals surface area contributed by atoms with Crippen LogP contribution in [-0.4, -0.2) is 44.0 Å². The molecule has 0 aliphatic carbocycles. The van der Waals surface area contributed by atoms with Crippen molar-refractivity contribution >= 4 is 23.4 Å². The average molecular weight is 495 g/mol. The minimum atomic E-state index is -0.667. The highest BCUT2D eigenvalue weighted by Crippen LogP contribution is 2.28. The van der Waals surface area contributed by atoms with Crippen molar-refractivity contribution in [1.29, 1.82) is 0 Å². The van der Waals surface area contributed by atoms with Crippen molar-refractivity contribution in [2.75, 3.05) is 21.3 Å². The maximum atomic E-state index is 13.6. The molecule has 1 atom stereocenters. The zero-order valence-electron chi connectivity index (χ0n) is 20.3. The molecule has 0 spiro atoms. The van der Waals surface area contributed by atoms with E-state index in [0.717, 1.165) is 16.7 Å². The molecular weight excluding hydrogens is 464 g/mol. The molecule has 7 heteroatoms. The standard InChI is InChI=1S/C28H31ClN2O4/c1-30-28(33)24(17-20-8-5-4-6-9-20)31(19-22-10-7-11-23(29)16-22)27(32)15-13-21-12-14-25(34-2)26(18-21)35-3/h4-12,14,16,18,24H,13,15,17,19H2,1-3H3,(H,30,33)/t24-/m0/s1. The number of rotatable bonds is 11. The highest BCUT2D eigenvalue weighted by molar-refractivity contribution is 6.30. The van der Waals surface area contributed by atoms with Gasteiger partial charge in [0.25, 0.3) is 0 Å². The molecule has 0 saturated carbocycles. The lowest BCUT2D eigenvalue weighted by Crippen LogP contribution is -2.49. The number of benzene rings is 3. The molecule has 3 aromatic carbocycles. The van der Waals surface area contributed by atoms with Crippen molar-refractivity contribution in [3.63, 3.8) is 0 Å². The Kier molecular flexibility index (Phi) is 9.56. The number of nitrogens with one attached hydrogen (secondary N) is 1. The minimum Gasteiger partial charge on any atom is -0.493 e. The van der Waals surface area contributed by atoms with Crippen LogP contribution in [0.25, 0.3) is 0 Å². The number of amides is 2. The number of likely N-dealkylation sites (N-methyl/N-ethyl adjacent to an activating group) is 1. The summed E-state index contributed by atoms with van der Waals surface area (Å²) in [5.41, 5.74) is 2.78. The smallest absolute Gasteiger partial charge is 0.242 e. The maximum Gasteiger partial charge on any atom is 0.242 e. The number of hydrogen-bond donors (Lipinski definition) is 1. The van der Waals surface area contributed by atoms with Crippen molar-refractivity contribution in [3.05, 3.63) is 94.5 Å². The fourth-order valence-corrected chi connectivity index (χ4v) is 4.20. The number of nitrogens with zero attached hydrogens (tertiary/aromatic N) is 1. The molecule has 3 rings (SSSR count). The number of hydrogen-bond acceptors (Lipinski definition) is 4. The summed E-state index contributed by atoms with van der Waals surface area (Å²) in [4.78, 5) is 28.2. The molecule has 1 N–H and O–H groups in total. The lowest BCUT2D eigenvalue weighted by Gasteiger charge is -2.31. The molecule has 0 heterocycles. The van der Waals surface area contributed by atoms with E-state index in [1.807, 2.05) is 66.7 Å². The second-order valence-electron chi connectivity index (χ2n) is 8.16. The summed E-state index contributed by atoms with van der Waals surface area (Å²) in [6.07, 6.45) is 1.14. The van der Waals surface area contributed by atoms with Crippen molar-refractivity contribution in [3.8, 4) is 11.5 Å². The van der Waals surface area contributed by atoms with Gasteiger partial charge in [0.05, 0.1) is 14.2 Å². The number of methoxy groups -OCH3 is 2. The van der Waals surface area contributed by atoms with Crippen molar-refractivity contribution in [2.24, 2.45) is 0 Å². The van der Waals surface area contributed by atoms with Crippen LogP contribution in [0.3, 0.4) is 0 Å². The van der Waals surface area contributed by atoms with Crippen LogP contribution in [0, 0.1) is 0 Å². The van der Waals surface area contributed by atoms with E-state index in [9.17, 15) is 9.59 Å². The zero-order chi connectivity index (χ0) is 25.2. The molecule has 0 aliphatic heterocycles. The first-order valence-corrected chi connectivity index (χ1v) is 11.8. The van der Waals surface area contributed by atoms with Crippen LogP contribution in [0.1, 0.15) is 23.1 Å². The van der Waals surface area contributed by atoms with Gasteiger partial charge in [0.1, 0.15) is 6.04 Å². The summed E-state index contributed by atoms with van der Waals surface area (Å²) < 4.78 is 10.7. The van der Waals surface area contributed by atoms with Crippen LogP contribution in [0.4, 0.5) is 0 Å². The Balaban J connectivity index is 1.87. The SMILES string of the molecule is CNC(=O)[C@H](Cc1ccccc1)N(Cc1cccc(Cl)c1)C(=O)CCc1ccc(OC)c(OC)c1. The van der Waals surface area contributed by atoms with Gasteiger partial charge in [-0.3, -0.25) is 9.59 Å². The summed E-state index contributed by atoms with van der Waals surface area (Å²) in [5, 5.41) is 3.31. The van der Waals surface area contributed by atoms with Gasteiger partial charge in [-0.15, -0.1) is 0 Å². The van der Waals surface area contributed by atoms with E-state index in [1.54, 1.807) is 32.2 Å². The Labute approximate surface area is 211 Å². The third-order valence-corrected chi connectivity index (χ3v) is 6.07. The van der Waals surface area contributed by atoms with Gasteiger partial charge in [0.15, 0.2) is 11.5 Å². The third kappa shape index (κ3) is 7.23. The van der Waals surface area contributed by atoms with Gasteiger partial charge in [-0.2, -0.15) is 0 Å². The predicted molar refractivity (Wildman–Crippen MR) is 138 cm³/mol. The van der Waals surface area contributed by atoms with Crippen LogP contribution in [0.2, 0.25) is 5.02 Å². The molecule has 0 aromatic heterocycles. The monoisotopic (exact) mass is 494 g/mol. The highest BCUT2D eigenvalue weighted by atomic mass is 35.5. The Morgan fingerprint density at radius 1 is 0.886 bits per heavy atom. The zero-order valence-corrected chi connectivity index (χ0v) is 21.0. The number of carbonyl (C=O) groups is 2. The van der Waals surface area contributed by atoms with Crippen LogP contribution in [-0.2, 0) is 29.0 Å². The van der Waals surface area contributed by atoms with Gasteiger partial charge in [-0.25, -0.2) is 0 Å². The highest BCUT2D eigenvalue weighted by Gasteiger charge is 2.29. The molecule has 0 fully saturated rings. The lowest BCUT2D eigenvalue weighted by atomic mass is 10.0. The van der Waals surface area contributed by atoms with E-state index in [1.165, 1.54) is 0 Å². The lowest BCUT2D eigenvalue weighted by molar-refractivity contribution is -0.141. The van der Waals surface area contributed by atoms with Gasteiger partial charge in [-0.05, 0) is 47.4 Å². The van der Waals surface area contributed by atoms with Gasteiger partial charge in [0.2, 0.25) is 11.8 Å². The largest absolute Gasteiger partial charge is 0.493 e. The van der Waals surface area contributed by atoms with Crippen LogP contribution >= 0.6 is 11.6 Å². The first-order valence-electron chi connectivity index (χ1n) is 11.5. The Bertz CT molecular complexity index is 1140. The number of ether oxygens (including phenoxy) is 2. The summed E-state index contributed by atoms with van der Waals surface area (Å²) in [5.74, 6) is 0.910. The molecule has 0 radical (unpaired) electrons. The third-order valence-electron chi connectivity index (χ3n) is 5.83. The maximum absolute atomic E-state index is 13.6. The Morgan fingerprint density at radius 2 is 1.60 bits per heavy atom. The minimum absolute atomic E-state index is 0.121. The van der Waals surface area contributed by atoms with E-state index in [0.29, 0.717) is 29.4 Å². The van der Waals surface area contributed by atoms with E-state index in [4.69, 9.17) is 21.1 Å². The van der Waals surface area contributed by atoms with Gasteiger partial charge in [-0.1, -0.05) is 60.1 Å². The van der Waals surface area contributed by atoms with Crippen molar-refractivity contribution < 1.29 is 19.1 Å². The molecule has 0 saturated heterocycles. The van der Waals surface area contributed by atoms with Crippen LogP contribution < -0.4 is 14.8 Å². The quantitative estimate of drug-likeness (QED) is 0.420. The first kappa shape index (κ1) is 26.1. The van der Waals surface area contributed by atoms with E-state index in [2.05, 4.69) is 5.32 Å². The van der Waals surface area contributed by atoms with Crippen molar-refractivity contribution in [1.82, 2.24) is 10.2 Å². The van der Waals surface area contributed by atoms with Crippen LogP contribution in [0.5, 0.6) is 11.5 Å². The second kappa shape index (κ2) is 12.8. The van der Waals surface area contributed by atoms with Gasteiger partial charge in [0, 0.05) is 31.5 Å². The predicted octanol–water partition coefficient (Wildman–Crippen LogP) is 4.68. The fraction of sp³-hybridized carbons (Fsp3) is 0.286. The molecule has 0 unspecified atom stereocenters. The summed E-state index contributed by atoms with van der Waals surface area (Å²) in [7, 11) is 4.75. The molecule has 2 amide bonds. The number of halogens is 1. The van der Waals surface area contributed by atoms with E-state index in [-0.39, 0.29) is 24.8 Å². The number of carbonyl (C=O) groups excluding carboxylic acids is 2. The van der Waals surface area contributed by atoms with Gasteiger partial charge < -0.3 is 19.7 Å². The number of aryl methyl sites for hydroxylation is 1. The van der Waals surface area contributed by atoms with Crippen molar-refractivity contribution in [2.45, 2.75) is 31.8 Å². The summed E-state index contributed by atoms with van der Waals surface area (Å²) in [6.45, 7) is 0.274. The van der Waals surface area contributed by atoms with E-state index < -0.39 is 6.04 Å². The Morgan fingerprint density at radius 3 is 2.26 bits per heavy atom. The molecule has 3 aromatic rings. The molecule has 0 bridgehead atoms. The summed E-state index contributed by atoms with van der Waals surface area (Å²) >= 11 is 6.20. The topological polar surface area (TPSA) is 67.9 Å². The molecular formula is C28H31ClN2O4. The van der Waals surface area contributed by atoms with Crippen LogP contribution in [0.15, 0.2) is 72.8 Å². The van der Waals surface area contributed by atoms with E-state index >= 15 is 0 Å². The molecule has 35 heavy (non-hydrogen) atoms. The first-order chi connectivity index (χ1) is 16.9. The molecule has 0 aliphatic rings.